The van der Waals surface area contributed by atoms with Gasteiger partial charge in [-0.2, -0.15) is 0 Å². The average Bonchev–Trinajstić information content (AvgIpc) is 2.83. The van der Waals surface area contributed by atoms with Crippen molar-refractivity contribution in [3.05, 3.63) is 77.9 Å². The number of benzene rings is 1. The normalized spacial score (nSPS) is 10.5. The minimum absolute atomic E-state index is 0.276. The van der Waals surface area contributed by atoms with E-state index in [4.69, 9.17) is 5.73 Å². The number of primary amides is 1. The zero-order chi connectivity index (χ0) is 24.2. The van der Waals surface area contributed by atoms with Gasteiger partial charge in [0.15, 0.2) is 5.82 Å². The molecule has 2 aromatic heterocycles. The number of nitrogens with two attached hydrogens (primary N) is 1. The van der Waals surface area contributed by atoms with Crippen LogP contribution in [0.15, 0.2) is 60.9 Å². The highest BCUT2D eigenvalue weighted by molar-refractivity contribution is 5.82. The molecule has 0 atom stereocenters. The molecule has 0 aliphatic rings. The molecule has 0 spiro atoms. The molecule has 0 saturated heterocycles. The molecule has 0 unspecified atom stereocenters. The second-order valence-corrected chi connectivity index (χ2v) is 7.82. The Morgan fingerprint density at radius 3 is 2.65 bits per heavy atom. The van der Waals surface area contributed by atoms with Crippen molar-refractivity contribution < 1.29 is 14.0 Å². The molecule has 0 radical (unpaired) electrons. The van der Waals surface area contributed by atoms with Gasteiger partial charge in [-0.15, -0.1) is 0 Å². The Kier molecular flexibility index (Phi) is 9.33. The smallest absolute Gasteiger partial charge is 0.217 e. The quantitative estimate of drug-likeness (QED) is 0.249. The molecule has 0 fully saturated rings. The first-order valence-corrected chi connectivity index (χ1v) is 11.2. The Labute approximate surface area is 198 Å². The van der Waals surface area contributed by atoms with E-state index in [1.165, 1.54) is 12.1 Å². The Bertz CT molecular complexity index is 1080. The van der Waals surface area contributed by atoms with E-state index >= 15 is 0 Å². The molecule has 0 bridgehead atoms. The lowest BCUT2D eigenvalue weighted by Gasteiger charge is -2.22. The van der Waals surface area contributed by atoms with E-state index in [1.54, 1.807) is 29.4 Å². The zero-order valence-electron chi connectivity index (χ0n) is 18.9. The van der Waals surface area contributed by atoms with Crippen LogP contribution in [0, 0.1) is 5.82 Å². The van der Waals surface area contributed by atoms with Crippen molar-refractivity contribution in [1.82, 2.24) is 9.97 Å². The number of hydrogen-bond donors (Lipinski definition) is 3. The highest BCUT2D eigenvalue weighted by Gasteiger charge is 2.14. The number of unbranched alkanes of at least 4 members (excludes halogenated alkanes) is 1. The predicted molar refractivity (Wildman–Crippen MR) is 131 cm³/mol. The zero-order valence-corrected chi connectivity index (χ0v) is 18.9. The van der Waals surface area contributed by atoms with E-state index < -0.39 is 0 Å². The van der Waals surface area contributed by atoms with Crippen molar-refractivity contribution in [2.75, 3.05) is 28.6 Å². The molecule has 2 heterocycles. The number of nitrogens with one attached hydrogen (secondary N) is 2. The molecule has 9 heteroatoms. The Morgan fingerprint density at radius 1 is 1.06 bits per heavy atom. The fourth-order valence-electron chi connectivity index (χ4n) is 3.44. The largest absolute Gasteiger partial charge is 0.370 e. The van der Waals surface area contributed by atoms with Crippen molar-refractivity contribution in [3.63, 3.8) is 0 Å². The lowest BCUT2D eigenvalue weighted by atomic mass is 10.1. The molecular weight excluding hydrogens is 435 g/mol. The molecule has 3 rings (SSSR count). The Morgan fingerprint density at radius 2 is 1.91 bits per heavy atom. The van der Waals surface area contributed by atoms with Crippen LogP contribution in [-0.2, 0) is 22.6 Å². The van der Waals surface area contributed by atoms with E-state index in [0.717, 1.165) is 24.0 Å². The highest BCUT2D eigenvalue weighted by Crippen LogP contribution is 2.27. The maximum absolute atomic E-state index is 13.5. The van der Waals surface area contributed by atoms with Gasteiger partial charge in [0.25, 0.3) is 0 Å². The van der Waals surface area contributed by atoms with Crippen LogP contribution < -0.4 is 21.3 Å². The van der Waals surface area contributed by atoms with Crippen molar-refractivity contribution in [3.8, 4) is 0 Å². The number of anilines is 3. The number of halogens is 1. The van der Waals surface area contributed by atoms with Gasteiger partial charge >= 0.3 is 0 Å². The van der Waals surface area contributed by atoms with Crippen LogP contribution in [0.4, 0.5) is 21.7 Å². The Hall–Kier alpha value is -4.01. The molecule has 1 aromatic carbocycles. The summed E-state index contributed by atoms with van der Waals surface area (Å²) in [5.41, 5.74) is 7.55. The van der Waals surface area contributed by atoms with Gasteiger partial charge in [0.05, 0.1) is 12.2 Å². The SMILES string of the molecule is NC(=O)CCCCNc1ccc(N(C=O)Cc2cccnc2)c(NCCc2cccc(F)c2)n1. The van der Waals surface area contributed by atoms with Crippen LogP contribution in [0.1, 0.15) is 30.4 Å². The summed E-state index contributed by atoms with van der Waals surface area (Å²) in [5, 5.41) is 6.53. The van der Waals surface area contributed by atoms with Crippen molar-refractivity contribution in [2.45, 2.75) is 32.2 Å². The standard InChI is InChI=1S/C25H29FN6O2/c26-21-7-3-5-19(15-21)11-14-30-25-22(32(18-33)17-20-6-4-12-28-16-20)9-10-24(31-25)29-13-2-1-8-23(27)34/h3-7,9-10,12,15-16,18H,1-2,8,11,13-14,17H2,(H2,27,34)(H2,29,30,31). The lowest BCUT2D eigenvalue weighted by Crippen LogP contribution is -2.23. The van der Waals surface area contributed by atoms with Crippen LogP contribution >= 0.6 is 0 Å². The molecule has 0 aliphatic heterocycles. The molecule has 0 aliphatic carbocycles. The number of carbonyl (C=O) groups is 2. The third kappa shape index (κ3) is 7.84. The predicted octanol–water partition coefficient (Wildman–Crippen LogP) is 3.50. The van der Waals surface area contributed by atoms with Gasteiger partial charge in [0, 0.05) is 31.9 Å². The van der Waals surface area contributed by atoms with Crippen molar-refractivity contribution >= 4 is 29.6 Å². The average molecular weight is 465 g/mol. The van der Waals surface area contributed by atoms with Gasteiger partial charge in [-0.1, -0.05) is 18.2 Å². The summed E-state index contributed by atoms with van der Waals surface area (Å²) in [4.78, 5) is 33.1. The van der Waals surface area contributed by atoms with E-state index in [0.29, 0.717) is 56.2 Å². The first kappa shape index (κ1) is 24.6. The van der Waals surface area contributed by atoms with Gasteiger partial charge in [-0.3, -0.25) is 14.6 Å². The van der Waals surface area contributed by atoms with Crippen LogP contribution in [0.2, 0.25) is 0 Å². The first-order valence-electron chi connectivity index (χ1n) is 11.2. The third-order valence-electron chi connectivity index (χ3n) is 5.14. The van der Waals surface area contributed by atoms with Crippen molar-refractivity contribution in [2.24, 2.45) is 5.73 Å². The van der Waals surface area contributed by atoms with Gasteiger partial charge in [-0.05, 0) is 60.7 Å². The van der Waals surface area contributed by atoms with E-state index in [-0.39, 0.29) is 11.7 Å². The summed E-state index contributed by atoms with van der Waals surface area (Å²) in [6.07, 6.45) is 6.57. The number of rotatable bonds is 14. The number of amides is 2. The van der Waals surface area contributed by atoms with Crippen LogP contribution in [0.3, 0.4) is 0 Å². The summed E-state index contributed by atoms with van der Waals surface area (Å²) in [5.74, 6) is 0.593. The molecule has 178 valence electrons. The first-order chi connectivity index (χ1) is 16.5. The minimum atomic E-state index is -0.310. The maximum atomic E-state index is 13.5. The molecule has 8 nitrogen and oxygen atoms in total. The topological polar surface area (TPSA) is 113 Å². The second kappa shape index (κ2) is 12.9. The number of pyridine rings is 2. The minimum Gasteiger partial charge on any atom is -0.370 e. The molecule has 4 N–H and O–H groups in total. The van der Waals surface area contributed by atoms with Gasteiger partial charge in [-0.25, -0.2) is 9.37 Å². The van der Waals surface area contributed by atoms with E-state index in [9.17, 15) is 14.0 Å². The molecule has 34 heavy (non-hydrogen) atoms. The number of carbonyl (C=O) groups excluding carboxylic acids is 2. The summed E-state index contributed by atoms with van der Waals surface area (Å²) >= 11 is 0. The number of nitrogens with zero attached hydrogens (tertiary/aromatic N) is 3. The molecule has 3 aromatic rings. The lowest BCUT2D eigenvalue weighted by molar-refractivity contribution is -0.118. The summed E-state index contributed by atoms with van der Waals surface area (Å²) in [6, 6.07) is 13.8. The van der Waals surface area contributed by atoms with Crippen LogP contribution in [0.5, 0.6) is 0 Å². The number of aromatic nitrogens is 2. The number of hydrogen-bond acceptors (Lipinski definition) is 6. The van der Waals surface area contributed by atoms with Gasteiger partial charge < -0.3 is 21.3 Å². The van der Waals surface area contributed by atoms with Gasteiger partial charge in [0.1, 0.15) is 11.6 Å². The summed E-state index contributed by atoms with van der Waals surface area (Å²) < 4.78 is 13.5. The fraction of sp³-hybridized carbons (Fsp3) is 0.280. The Balaban J connectivity index is 1.72. The monoisotopic (exact) mass is 464 g/mol. The van der Waals surface area contributed by atoms with Gasteiger partial charge in [0.2, 0.25) is 12.3 Å². The van der Waals surface area contributed by atoms with E-state index in [2.05, 4.69) is 20.6 Å². The molecule has 0 saturated carbocycles. The van der Waals surface area contributed by atoms with Crippen molar-refractivity contribution in [1.29, 1.82) is 0 Å². The van der Waals surface area contributed by atoms with E-state index in [1.807, 2.05) is 24.3 Å². The fourth-order valence-corrected chi connectivity index (χ4v) is 3.44. The third-order valence-corrected chi connectivity index (χ3v) is 5.14. The summed E-state index contributed by atoms with van der Waals surface area (Å²) in [7, 11) is 0. The molecular formula is C25H29FN6O2. The maximum Gasteiger partial charge on any atom is 0.217 e. The molecule has 2 amide bonds. The second-order valence-electron chi connectivity index (χ2n) is 7.82. The highest BCUT2D eigenvalue weighted by atomic mass is 19.1. The van der Waals surface area contributed by atoms with Crippen LogP contribution in [0.25, 0.3) is 0 Å². The van der Waals surface area contributed by atoms with Crippen LogP contribution in [-0.4, -0.2) is 35.4 Å². The summed E-state index contributed by atoms with van der Waals surface area (Å²) in [6.45, 7) is 1.48.